The Hall–Kier alpha value is -3.53. The molecule has 1 fully saturated rings. The Morgan fingerprint density at radius 1 is 1.07 bits per heavy atom. The van der Waals surface area contributed by atoms with Crippen molar-refractivity contribution < 1.29 is 28.2 Å². The Labute approximate surface area is 258 Å². The average Bonchev–Trinajstić information content (AvgIpc) is 3.17. The third-order valence-corrected chi connectivity index (χ3v) is 8.32. The molecule has 0 spiro atoms. The molecule has 2 N–H and O–H groups in total. The highest BCUT2D eigenvalue weighted by Gasteiger charge is 2.62. The van der Waals surface area contributed by atoms with E-state index >= 15 is 8.78 Å². The molecule has 0 aromatic heterocycles. The summed E-state index contributed by atoms with van der Waals surface area (Å²) < 4.78 is 45.9. The van der Waals surface area contributed by atoms with E-state index < -0.39 is 64.4 Å². The van der Waals surface area contributed by atoms with E-state index in [1.165, 1.54) is 36.4 Å². The number of aliphatic hydroxyl groups excluding tert-OH is 1. The minimum atomic E-state index is -1.72. The van der Waals surface area contributed by atoms with Gasteiger partial charge in [-0.3, -0.25) is 4.90 Å². The minimum Gasteiger partial charge on any atom is -0.478 e. The van der Waals surface area contributed by atoms with Gasteiger partial charge in [0.25, 0.3) is 0 Å². The van der Waals surface area contributed by atoms with E-state index in [-0.39, 0.29) is 33.3 Å². The van der Waals surface area contributed by atoms with Crippen molar-refractivity contribution in [3.63, 3.8) is 0 Å². The number of carboxylic acid groups (broad SMARTS) is 1. The zero-order valence-electron chi connectivity index (χ0n) is 23.6. The predicted octanol–water partition coefficient (Wildman–Crippen LogP) is 7.19. The van der Waals surface area contributed by atoms with Crippen molar-refractivity contribution in [2.24, 2.45) is 5.41 Å². The number of likely N-dealkylation sites (tertiary alicyclic amines) is 1. The summed E-state index contributed by atoms with van der Waals surface area (Å²) in [6, 6.07) is 12.5. The molecule has 3 aromatic rings. The topological polar surface area (TPSA) is 84.6 Å². The van der Waals surface area contributed by atoms with Gasteiger partial charge < -0.3 is 10.2 Å². The van der Waals surface area contributed by atoms with Crippen molar-refractivity contribution in [2.75, 3.05) is 13.2 Å². The van der Waals surface area contributed by atoms with Crippen molar-refractivity contribution in [3.05, 3.63) is 104 Å². The van der Waals surface area contributed by atoms with Crippen LogP contribution in [0.15, 0.2) is 54.6 Å². The zero-order valence-corrected chi connectivity index (χ0v) is 25.1. The Kier molecular flexibility index (Phi) is 9.49. The first kappa shape index (κ1) is 32.4. The Morgan fingerprint density at radius 2 is 1.79 bits per heavy atom. The van der Waals surface area contributed by atoms with Gasteiger partial charge in [0.15, 0.2) is 0 Å². The van der Waals surface area contributed by atoms with E-state index in [0.717, 1.165) is 18.2 Å². The van der Waals surface area contributed by atoms with Crippen LogP contribution in [0.1, 0.15) is 60.2 Å². The third kappa shape index (κ3) is 6.25. The molecule has 3 aromatic carbocycles. The Morgan fingerprint density at radius 3 is 2.37 bits per heavy atom. The fourth-order valence-corrected chi connectivity index (χ4v) is 6.42. The molecule has 4 atom stereocenters. The van der Waals surface area contributed by atoms with Gasteiger partial charge >= 0.3 is 5.97 Å². The number of hydrogen-bond acceptors (Lipinski definition) is 4. The van der Waals surface area contributed by atoms with Gasteiger partial charge in [-0.2, -0.15) is 5.26 Å². The SMILES string of the molecule is CC(C)(C)CC1N(CC#Cc2ccc(C(=O)O)c(F)c2)C(CO)C(c2cccc(Cl)c2F)C1(C#N)c1ccc(Cl)cc1F. The first-order valence-electron chi connectivity index (χ1n) is 13.4. The number of carboxylic acids is 1. The van der Waals surface area contributed by atoms with Crippen molar-refractivity contribution in [1.29, 1.82) is 5.26 Å². The number of nitrogens with zero attached hydrogens (tertiary/aromatic N) is 2. The smallest absolute Gasteiger partial charge is 0.338 e. The average molecular weight is 630 g/mol. The molecule has 1 saturated heterocycles. The summed E-state index contributed by atoms with van der Waals surface area (Å²) in [5.41, 5.74) is -2.38. The highest BCUT2D eigenvalue weighted by molar-refractivity contribution is 6.31. The summed E-state index contributed by atoms with van der Waals surface area (Å²) in [6.07, 6.45) is 0.321. The van der Waals surface area contributed by atoms with Crippen LogP contribution in [0.2, 0.25) is 10.0 Å². The van der Waals surface area contributed by atoms with Crippen LogP contribution in [-0.4, -0.2) is 46.3 Å². The number of benzene rings is 3. The van der Waals surface area contributed by atoms with Gasteiger partial charge in [-0.05, 0) is 53.8 Å². The van der Waals surface area contributed by atoms with Gasteiger partial charge in [-0.15, -0.1) is 0 Å². The summed E-state index contributed by atoms with van der Waals surface area (Å²) in [7, 11) is 0. The van der Waals surface area contributed by atoms with E-state index in [0.29, 0.717) is 6.42 Å². The van der Waals surface area contributed by atoms with Gasteiger partial charge in [0.2, 0.25) is 0 Å². The van der Waals surface area contributed by atoms with Crippen LogP contribution in [0.5, 0.6) is 0 Å². The van der Waals surface area contributed by atoms with Gasteiger partial charge in [0.1, 0.15) is 22.9 Å². The molecule has 4 unspecified atom stereocenters. The van der Waals surface area contributed by atoms with Crippen LogP contribution in [0.25, 0.3) is 0 Å². The summed E-state index contributed by atoms with van der Waals surface area (Å²) >= 11 is 12.3. The van der Waals surface area contributed by atoms with Gasteiger partial charge in [-0.25, -0.2) is 18.0 Å². The van der Waals surface area contributed by atoms with Crippen LogP contribution in [0, 0.1) is 46.0 Å². The number of hydrogen-bond donors (Lipinski definition) is 2. The van der Waals surface area contributed by atoms with E-state index in [1.54, 1.807) is 4.90 Å². The van der Waals surface area contributed by atoms with Gasteiger partial charge in [0, 0.05) is 34.2 Å². The maximum atomic E-state index is 15.8. The molecule has 0 bridgehead atoms. The molecule has 0 amide bonds. The monoisotopic (exact) mass is 628 g/mol. The second-order valence-electron chi connectivity index (χ2n) is 11.7. The second-order valence-corrected chi connectivity index (χ2v) is 12.6. The summed E-state index contributed by atoms with van der Waals surface area (Å²) in [4.78, 5) is 12.9. The number of aromatic carboxylic acids is 1. The second kappa shape index (κ2) is 12.6. The lowest BCUT2D eigenvalue weighted by Crippen LogP contribution is -2.46. The quantitative estimate of drug-likeness (QED) is 0.282. The summed E-state index contributed by atoms with van der Waals surface area (Å²) in [5, 5.41) is 30.9. The Balaban J connectivity index is 1.95. The van der Waals surface area contributed by atoms with Gasteiger partial charge in [0.05, 0.1) is 29.8 Å². The molecule has 4 rings (SSSR count). The van der Waals surface area contributed by atoms with Crippen LogP contribution in [0.4, 0.5) is 13.2 Å². The van der Waals surface area contributed by atoms with Crippen molar-refractivity contribution in [3.8, 4) is 17.9 Å². The molecule has 1 heterocycles. The molecular weight excluding hydrogens is 600 g/mol. The first-order chi connectivity index (χ1) is 20.2. The molecule has 43 heavy (non-hydrogen) atoms. The number of aliphatic hydroxyl groups is 1. The third-order valence-electron chi connectivity index (χ3n) is 7.79. The lowest BCUT2D eigenvalue weighted by atomic mass is 9.62. The summed E-state index contributed by atoms with van der Waals surface area (Å²) in [5.74, 6) is 0.778. The number of rotatable bonds is 6. The number of nitriles is 1. The first-order valence-corrected chi connectivity index (χ1v) is 14.2. The fourth-order valence-electron chi connectivity index (χ4n) is 6.08. The molecule has 1 aliphatic rings. The minimum absolute atomic E-state index is 0.00161. The highest BCUT2D eigenvalue weighted by Crippen LogP contribution is 2.56. The predicted molar refractivity (Wildman–Crippen MR) is 159 cm³/mol. The standard InChI is InChI=1S/C33H29Cl2F3N2O3/c1-32(2,3)16-28-33(18-39,23-12-10-20(34)15-26(23)37)29(22-7-4-8-24(35)30(22)38)27(17-41)40(28)13-5-6-19-9-11-21(31(42)43)25(36)14-19/h4,7-12,14-15,27-29,41H,13,16-17H2,1-3H3,(H,42,43). The van der Waals surface area contributed by atoms with E-state index in [2.05, 4.69) is 17.9 Å². The van der Waals surface area contributed by atoms with E-state index in [9.17, 15) is 19.6 Å². The van der Waals surface area contributed by atoms with Crippen molar-refractivity contribution >= 4 is 29.2 Å². The van der Waals surface area contributed by atoms with Crippen molar-refractivity contribution in [1.82, 2.24) is 4.90 Å². The molecule has 0 aliphatic carbocycles. The van der Waals surface area contributed by atoms with E-state index in [4.69, 9.17) is 28.3 Å². The maximum Gasteiger partial charge on any atom is 0.338 e. The molecule has 5 nitrogen and oxygen atoms in total. The van der Waals surface area contributed by atoms with E-state index in [1.807, 2.05) is 20.8 Å². The number of halogens is 5. The molecule has 10 heteroatoms. The van der Waals surface area contributed by atoms with Gasteiger partial charge in [-0.1, -0.05) is 74.0 Å². The molecule has 1 aliphatic heterocycles. The molecule has 0 saturated carbocycles. The highest BCUT2D eigenvalue weighted by atomic mass is 35.5. The van der Waals surface area contributed by atoms with Crippen molar-refractivity contribution in [2.45, 2.75) is 50.6 Å². The summed E-state index contributed by atoms with van der Waals surface area (Å²) in [6.45, 7) is 5.26. The Bertz CT molecular complexity index is 1660. The van der Waals surface area contributed by atoms with Crippen LogP contribution >= 0.6 is 23.2 Å². The molecule has 0 radical (unpaired) electrons. The molecular formula is C33H29Cl2F3N2O3. The molecule has 224 valence electrons. The normalized spacial score (nSPS) is 22.1. The lowest BCUT2D eigenvalue weighted by molar-refractivity contribution is 0.0692. The van der Waals surface area contributed by atoms with Crippen LogP contribution in [0.3, 0.4) is 0 Å². The largest absolute Gasteiger partial charge is 0.478 e. The number of carbonyl (C=O) groups is 1. The van der Waals surface area contributed by atoms with Crippen LogP contribution < -0.4 is 0 Å². The van der Waals surface area contributed by atoms with Crippen LogP contribution in [-0.2, 0) is 5.41 Å². The fraction of sp³-hybridized carbons (Fsp3) is 0.333. The lowest BCUT2D eigenvalue weighted by Gasteiger charge is -2.39. The zero-order chi connectivity index (χ0) is 31.7. The maximum absolute atomic E-state index is 15.8.